The van der Waals surface area contributed by atoms with Crippen LogP contribution in [0.15, 0.2) is 60.8 Å². The van der Waals surface area contributed by atoms with Crippen molar-refractivity contribution in [3.63, 3.8) is 0 Å². The summed E-state index contributed by atoms with van der Waals surface area (Å²) in [6, 6.07) is 13.4. The molecule has 0 spiro atoms. The van der Waals surface area contributed by atoms with Gasteiger partial charge in [0.2, 0.25) is 0 Å². The Hall–Kier alpha value is -4.01. The normalized spacial score (nSPS) is 10.2. The van der Waals surface area contributed by atoms with E-state index in [1.54, 1.807) is 49.6 Å². The van der Waals surface area contributed by atoms with Gasteiger partial charge in [-0.2, -0.15) is 0 Å². The fraction of sp³-hybridized carbons (Fsp3) is 0.0476. The van der Waals surface area contributed by atoms with Crippen LogP contribution in [0.25, 0.3) is 0 Å². The van der Waals surface area contributed by atoms with Gasteiger partial charge < -0.3 is 16.0 Å². The Labute approximate surface area is 173 Å². The number of halogens is 1. The molecule has 7 nitrogen and oxygen atoms in total. The van der Waals surface area contributed by atoms with Crippen LogP contribution in [-0.4, -0.2) is 37.5 Å². The summed E-state index contributed by atoms with van der Waals surface area (Å²) in [5.41, 5.74) is 2.03. The molecule has 0 unspecified atom stereocenters. The first-order valence-electron chi connectivity index (χ1n) is 9.09. The van der Waals surface area contributed by atoms with E-state index in [1.807, 2.05) is 7.85 Å². The molecule has 2 amide bonds. The zero-order valence-corrected chi connectivity index (χ0v) is 16.4. The highest BCUT2D eigenvalue weighted by Gasteiger charge is 2.16. The Balaban J connectivity index is 1.80. The monoisotopic (exact) mass is 403 g/mol. The van der Waals surface area contributed by atoms with Crippen LogP contribution in [0.5, 0.6) is 0 Å². The molecule has 0 fully saturated rings. The highest BCUT2D eigenvalue weighted by atomic mass is 19.1. The summed E-state index contributed by atoms with van der Waals surface area (Å²) in [6.07, 6.45) is 1.60. The molecule has 3 rings (SSSR count). The van der Waals surface area contributed by atoms with Crippen LogP contribution < -0.4 is 21.4 Å². The number of amides is 2. The van der Waals surface area contributed by atoms with E-state index in [1.165, 1.54) is 6.07 Å². The van der Waals surface area contributed by atoms with E-state index in [2.05, 4.69) is 20.9 Å². The Morgan fingerprint density at radius 2 is 1.67 bits per heavy atom. The molecule has 9 heteroatoms. The zero-order chi connectivity index (χ0) is 21.7. The van der Waals surface area contributed by atoms with Crippen molar-refractivity contribution < 1.29 is 14.0 Å². The maximum atomic E-state index is 13.8. The lowest BCUT2D eigenvalue weighted by atomic mass is 9.99. The van der Waals surface area contributed by atoms with E-state index < -0.39 is 17.6 Å². The third-order valence-corrected chi connectivity index (χ3v) is 4.31. The molecule has 0 aliphatic carbocycles. The molecule has 150 valence electrons. The fourth-order valence-corrected chi connectivity index (χ4v) is 2.67. The van der Waals surface area contributed by atoms with Gasteiger partial charge in [-0.15, -0.1) is 0 Å². The second-order valence-electron chi connectivity index (χ2n) is 6.52. The quantitative estimate of drug-likeness (QED) is 0.295. The number of amidine groups is 1. The molecular formula is C21H19BFN5O2. The van der Waals surface area contributed by atoms with Gasteiger partial charge in [-0.25, -0.2) is 9.37 Å². The summed E-state index contributed by atoms with van der Waals surface area (Å²) in [7, 11) is 3.50. The van der Waals surface area contributed by atoms with E-state index in [4.69, 9.17) is 5.41 Å². The molecule has 0 aliphatic heterocycles. The van der Waals surface area contributed by atoms with Gasteiger partial charge in [0.15, 0.2) is 0 Å². The van der Waals surface area contributed by atoms with Crippen LogP contribution in [0.3, 0.4) is 0 Å². The minimum absolute atomic E-state index is 0.0284. The number of hydrogen-bond donors (Lipinski definition) is 4. The highest BCUT2D eigenvalue weighted by Crippen LogP contribution is 2.20. The van der Waals surface area contributed by atoms with Crippen LogP contribution >= 0.6 is 0 Å². The largest absolute Gasteiger partial charge is 0.373 e. The number of hydrogen-bond acceptors (Lipinski definition) is 4. The number of nitrogens with zero attached hydrogens (tertiary/aromatic N) is 1. The average molecular weight is 403 g/mol. The van der Waals surface area contributed by atoms with Crippen molar-refractivity contribution in [3.05, 3.63) is 83.3 Å². The van der Waals surface area contributed by atoms with Crippen molar-refractivity contribution in [1.82, 2.24) is 10.3 Å². The molecule has 0 saturated heterocycles. The van der Waals surface area contributed by atoms with E-state index in [0.717, 1.165) is 17.6 Å². The minimum atomic E-state index is -0.607. The van der Waals surface area contributed by atoms with Crippen molar-refractivity contribution in [3.8, 4) is 0 Å². The first kappa shape index (κ1) is 20.7. The van der Waals surface area contributed by atoms with Crippen molar-refractivity contribution in [2.45, 2.75) is 0 Å². The number of carbonyl (C=O) groups excluding carboxylic acids is 2. The molecule has 1 heterocycles. The fourth-order valence-electron chi connectivity index (χ4n) is 2.67. The smallest absolute Gasteiger partial charge is 0.259 e. The third kappa shape index (κ3) is 4.88. The van der Waals surface area contributed by atoms with Crippen LogP contribution in [0.2, 0.25) is 0 Å². The Kier molecular flexibility index (Phi) is 6.21. The summed E-state index contributed by atoms with van der Waals surface area (Å²) < 4.78 is 13.8. The molecule has 4 N–H and O–H groups in total. The van der Waals surface area contributed by atoms with Gasteiger partial charge in [-0.1, -0.05) is 23.7 Å². The number of rotatable bonds is 5. The van der Waals surface area contributed by atoms with Crippen molar-refractivity contribution >= 4 is 42.5 Å². The van der Waals surface area contributed by atoms with E-state index >= 15 is 0 Å². The molecular weight excluding hydrogens is 384 g/mol. The molecule has 0 bridgehead atoms. The second-order valence-corrected chi connectivity index (χ2v) is 6.52. The molecule has 0 saturated carbocycles. The predicted molar refractivity (Wildman–Crippen MR) is 117 cm³/mol. The number of benzene rings is 2. The SMILES string of the molecule is Bc1ccc(NC(=O)c2cc(F)ccc2NC(=O)c2ccc(C(=N)NC)cc2)nc1. The molecule has 30 heavy (non-hydrogen) atoms. The van der Waals surface area contributed by atoms with Crippen molar-refractivity contribution in [2.24, 2.45) is 0 Å². The lowest BCUT2D eigenvalue weighted by molar-refractivity contribution is 0.102. The average Bonchev–Trinajstić information content (AvgIpc) is 2.76. The lowest BCUT2D eigenvalue weighted by Crippen LogP contribution is -2.20. The van der Waals surface area contributed by atoms with Gasteiger partial charge in [0.05, 0.1) is 11.3 Å². The zero-order valence-electron chi connectivity index (χ0n) is 16.4. The standard InChI is InChI=1S/C21H19BFN5O2/c1-25-19(24)12-2-4-13(5-3-12)20(29)27-17-8-7-15(23)10-16(17)21(30)28-18-9-6-14(22)11-26-18/h2-11H,22H2,1H3,(H2,24,25)(H,27,29)(H,26,28,30). The second kappa shape index (κ2) is 9.00. The number of anilines is 2. The number of carbonyl (C=O) groups is 2. The lowest BCUT2D eigenvalue weighted by Gasteiger charge is -2.12. The minimum Gasteiger partial charge on any atom is -0.373 e. The van der Waals surface area contributed by atoms with Crippen LogP contribution in [0, 0.1) is 11.2 Å². The Morgan fingerprint density at radius 1 is 0.967 bits per heavy atom. The molecule has 0 aliphatic rings. The van der Waals surface area contributed by atoms with Crippen LogP contribution in [-0.2, 0) is 0 Å². The van der Waals surface area contributed by atoms with E-state index in [-0.39, 0.29) is 17.1 Å². The first-order chi connectivity index (χ1) is 14.4. The summed E-state index contributed by atoms with van der Waals surface area (Å²) in [5.74, 6) is -1.13. The summed E-state index contributed by atoms with van der Waals surface area (Å²) in [4.78, 5) is 29.3. The predicted octanol–water partition coefficient (Wildman–Crippen LogP) is 1.53. The summed E-state index contributed by atoms with van der Waals surface area (Å²) in [6.45, 7) is 0. The summed E-state index contributed by atoms with van der Waals surface area (Å²) in [5, 5.41) is 15.7. The highest BCUT2D eigenvalue weighted by molar-refractivity contribution is 6.32. The first-order valence-corrected chi connectivity index (χ1v) is 9.09. The van der Waals surface area contributed by atoms with Gasteiger partial charge in [-0.3, -0.25) is 15.0 Å². The van der Waals surface area contributed by atoms with Crippen LogP contribution in [0.4, 0.5) is 15.9 Å². The number of nitrogens with one attached hydrogen (secondary N) is 4. The van der Waals surface area contributed by atoms with Crippen molar-refractivity contribution in [1.29, 1.82) is 5.41 Å². The Morgan fingerprint density at radius 3 is 2.30 bits per heavy atom. The Bertz CT molecular complexity index is 1100. The number of pyridine rings is 1. The molecule has 0 atom stereocenters. The van der Waals surface area contributed by atoms with Gasteiger partial charge in [0.25, 0.3) is 11.8 Å². The maximum Gasteiger partial charge on any atom is 0.259 e. The molecule has 3 aromatic rings. The van der Waals surface area contributed by atoms with Crippen LogP contribution in [0.1, 0.15) is 26.3 Å². The topological polar surface area (TPSA) is 107 Å². The van der Waals surface area contributed by atoms with Crippen molar-refractivity contribution in [2.75, 3.05) is 17.7 Å². The summed E-state index contributed by atoms with van der Waals surface area (Å²) >= 11 is 0. The molecule has 0 radical (unpaired) electrons. The third-order valence-electron chi connectivity index (χ3n) is 4.31. The van der Waals surface area contributed by atoms with Gasteiger partial charge in [0.1, 0.15) is 25.3 Å². The molecule has 1 aromatic heterocycles. The van der Waals surface area contributed by atoms with E-state index in [0.29, 0.717) is 16.9 Å². The maximum absolute atomic E-state index is 13.8. The van der Waals surface area contributed by atoms with E-state index in [9.17, 15) is 14.0 Å². The van der Waals surface area contributed by atoms with Gasteiger partial charge in [-0.05, 0) is 36.4 Å². The van der Waals surface area contributed by atoms with Gasteiger partial charge in [0, 0.05) is 24.4 Å². The van der Waals surface area contributed by atoms with Gasteiger partial charge >= 0.3 is 0 Å². The molecule has 2 aromatic carbocycles. The number of aromatic nitrogens is 1.